The summed E-state index contributed by atoms with van der Waals surface area (Å²) in [5.41, 5.74) is 3.02. The zero-order valence-electron chi connectivity index (χ0n) is 13.1. The molecule has 1 heterocycles. The summed E-state index contributed by atoms with van der Waals surface area (Å²) in [6, 6.07) is 3.79. The minimum atomic E-state index is -3.36. The van der Waals surface area contributed by atoms with Crippen molar-refractivity contribution in [3.8, 4) is 0 Å². The summed E-state index contributed by atoms with van der Waals surface area (Å²) in [4.78, 5) is 0.474. The lowest BCUT2D eigenvalue weighted by Gasteiger charge is -2.34. The number of nitrogens with zero attached hydrogens (tertiary/aromatic N) is 1. The van der Waals surface area contributed by atoms with E-state index in [9.17, 15) is 8.42 Å². The maximum Gasteiger partial charge on any atom is 0.243 e. The van der Waals surface area contributed by atoms with Gasteiger partial charge in [0.15, 0.2) is 0 Å². The van der Waals surface area contributed by atoms with Crippen molar-refractivity contribution in [1.82, 2.24) is 4.31 Å². The minimum Gasteiger partial charge on any atom is -0.207 e. The van der Waals surface area contributed by atoms with Crippen molar-refractivity contribution in [3.05, 3.63) is 28.8 Å². The maximum atomic E-state index is 12.9. The third-order valence-corrected chi connectivity index (χ3v) is 6.22. The monoisotopic (exact) mass is 295 g/mol. The number of sulfonamides is 1. The zero-order chi connectivity index (χ0) is 15.1. The molecular formula is C16H25NO2S. The van der Waals surface area contributed by atoms with Crippen molar-refractivity contribution in [2.75, 3.05) is 13.1 Å². The highest BCUT2D eigenvalue weighted by Gasteiger charge is 2.32. The Hall–Kier alpha value is -0.870. The third-order valence-electron chi connectivity index (χ3n) is 4.24. The van der Waals surface area contributed by atoms with Crippen LogP contribution in [0.1, 0.15) is 37.0 Å². The van der Waals surface area contributed by atoms with Crippen LogP contribution in [-0.2, 0) is 10.0 Å². The minimum absolute atomic E-state index is 0.431. The normalized spacial score (nSPS) is 24.9. The van der Waals surface area contributed by atoms with Crippen LogP contribution in [0.4, 0.5) is 0 Å². The average Bonchev–Trinajstić information content (AvgIpc) is 2.32. The van der Waals surface area contributed by atoms with E-state index in [0.29, 0.717) is 29.8 Å². The lowest BCUT2D eigenvalue weighted by molar-refractivity contribution is 0.222. The molecule has 0 unspecified atom stereocenters. The van der Waals surface area contributed by atoms with Gasteiger partial charge in [-0.15, -0.1) is 0 Å². The van der Waals surface area contributed by atoms with E-state index in [1.807, 2.05) is 32.9 Å². The molecule has 0 N–H and O–H groups in total. The summed E-state index contributed by atoms with van der Waals surface area (Å²) in [5.74, 6) is 0.862. The number of rotatable bonds is 2. The predicted octanol–water partition coefficient (Wildman–Crippen LogP) is 3.28. The first-order chi connectivity index (χ1) is 9.21. The van der Waals surface area contributed by atoms with Gasteiger partial charge in [-0.3, -0.25) is 0 Å². The molecule has 0 radical (unpaired) electrons. The lowest BCUT2D eigenvalue weighted by atomic mass is 9.94. The molecule has 0 saturated carbocycles. The van der Waals surface area contributed by atoms with Crippen LogP contribution in [0, 0.1) is 32.6 Å². The quantitative estimate of drug-likeness (QED) is 0.839. The van der Waals surface area contributed by atoms with Crippen LogP contribution in [0.3, 0.4) is 0 Å². The number of hydrogen-bond donors (Lipinski definition) is 0. The van der Waals surface area contributed by atoms with Gasteiger partial charge in [0, 0.05) is 13.1 Å². The second-order valence-corrected chi connectivity index (χ2v) is 8.38. The molecule has 2 atom stereocenters. The number of piperidine rings is 1. The van der Waals surface area contributed by atoms with Crippen molar-refractivity contribution >= 4 is 10.0 Å². The second-order valence-electron chi connectivity index (χ2n) is 6.47. The fourth-order valence-corrected chi connectivity index (χ4v) is 5.12. The summed E-state index contributed by atoms with van der Waals surface area (Å²) in [6.45, 7) is 11.4. The highest BCUT2D eigenvalue weighted by molar-refractivity contribution is 7.89. The smallest absolute Gasteiger partial charge is 0.207 e. The maximum absolute atomic E-state index is 12.9. The Balaban J connectivity index is 2.42. The lowest BCUT2D eigenvalue weighted by Crippen LogP contribution is -2.42. The summed E-state index contributed by atoms with van der Waals surface area (Å²) in [5, 5.41) is 0. The Morgan fingerprint density at radius 2 is 1.45 bits per heavy atom. The molecule has 1 aromatic rings. The molecule has 1 saturated heterocycles. The van der Waals surface area contributed by atoms with E-state index in [1.165, 1.54) is 0 Å². The van der Waals surface area contributed by atoms with Crippen molar-refractivity contribution < 1.29 is 8.42 Å². The van der Waals surface area contributed by atoms with Crippen molar-refractivity contribution in [3.63, 3.8) is 0 Å². The topological polar surface area (TPSA) is 37.4 Å². The van der Waals surface area contributed by atoms with Gasteiger partial charge in [-0.1, -0.05) is 19.9 Å². The first-order valence-electron chi connectivity index (χ1n) is 7.29. The predicted molar refractivity (Wildman–Crippen MR) is 82.4 cm³/mol. The molecular weight excluding hydrogens is 270 g/mol. The molecule has 0 aromatic heterocycles. The number of benzene rings is 1. The van der Waals surface area contributed by atoms with E-state index in [1.54, 1.807) is 4.31 Å². The highest BCUT2D eigenvalue weighted by Crippen LogP contribution is 2.29. The van der Waals surface area contributed by atoms with E-state index in [0.717, 1.165) is 23.1 Å². The van der Waals surface area contributed by atoms with E-state index >= 15 is 0 Å². The van der Waals surface area contributed by atoms with E-state index in [4.69, 9.17) is 0 Å². The first-order valence-corrected chi connectivity index (χ1v) is 8.73. The molecule has 0 spiro atoms. The molecule has 1 aliphatic rings. The largest absolute Gasteiger partial charge is 0.243 e. The van der Waals surface area contributed by atoms with Gasteiger partial charge in [-0.2, -0.15) is 4.31 Å². The Kier molecular flexibility index (Phi) is 4.26. The van der Waals surface area contributed by atoms with Crippen LogP contribution < -0.4 is 0 Å². The highest BCUT2D eigenvalue weighted by atomic mass is 32.2. The van der Waals surface area contributed by atoms with Gasteiger partial charge in [-0.05, 0) is 61.8 Å². The van der Waals surface area contributed by atoms with Crippen LogP contribution in [0.15, 0.2) is 17.0 Å². The van der Waals surface area contributed by atoms with Crippen LogP contribution >= 0.6 is 0 Å². The Labute approximate surface area is 123 Å². The standard InChI is InChI=1S/C16H25NO2S/c1-11-6-12(2)10-17(9-11)20(18,19)16-8-14(4)13(3)7-15(16)5/h7-8,11-12H,6,9-10H2,1-5H3/t11-,12-/m1/s1. The Morgan fingerprint density at radius 3 is 2.00 bits per heavy atom. The van der Waals surface area contributed by atoms with Crippen LogP contribution in [-0.4, -0.2) is 25.8 Å². The average molecular weight is 295 g/mol. The van der Waals surface area contributed by atoms with Gasteiger partial charge in [0.05, 0.1) is 4.90 Å². The molecule has 1 fully saturated rings. The molecule has 20 heavy (non-hydrogen) atoms. The fraction of sp³-hybridized carbons (Fsp3) is 0.625. The van der Waals surface area contributed by atoms with E-state index in [2.05, 4.69) is 13.8 Å². The van der Waals surface area contributed by atoms with Crippen LogP contribution in [0.2, 0.25) is 0 Å². The first kappa shape index (κ1) is 15.5. The van der Waals surface area contributed by atoms with Crippen molar-refractivity contribution in [2.45, 2.75) is 45.9 Å². The Bertz CT molecular complexity index is 597. The molecule has 2 rings (SSSR count). The molecule has 112 valence electrons. The van der Waals surface area contributed by atoms with Gasteiger partial charge >= 0.3 is 0 Å². The van der Waals surface area contributed by atoms with Crippen LogP contribution in [0.25, 0.3) is 0 Å². The van der Waals surface area contributed by atoms with Crippen molar-refractivity contribution in [1.29, 1.82) is 0 Å². The third kappa shape index (κ3) is 2.91. The molecule has 4 heteroatoms. The van der Waals surface area contributed by atoms with Gasteiger partial charge < -0.3 is 0 Å². The van der Waals surface area contributed by atoms with Gasteiger partial charge in [0.2, 0.25) is 10.0 Å². The molecule has 0 aliphatic carbocycles. The van der Waals surface area contributed by atoms with Gasteiger partial charge in [0.25, 0.3) is 0 Å². The van der Waals surface area contributed by atoms with Crippen LogP contribution in [0.5, 0.6) is 0 Å². The Morgan fingerprint density at radius 1 is 0.950 bits per heavy atom. The SMILES string of the molecule is Cc1cc(C)c(S(=O)(=O)N2C[C@H](C)C[C@@H](C)C2)cc1C. The fourth-order valence-electron chi connectivity index (χ4n) is 3.15. The molecule has 0 bridgehead atoms. The summed E-state index contributed by atoms with van der Waals surface area (Å²) in [7, 11) is -3.36. The molecule has 0 amide bonds. The van der Waals surface area contributed by atoms with Gasteiger partial charge in [-0.25, -0.2) is 8.42 Å². The van der Waals surface area contributed by atoms with E-state index < -0.39 is 10.0 Å². The zero-order valence-corrected chi connectivity index (χ0v) is 13.9. The second kappa shape index (κ2) is 5.49. The summed E-state index contributed by atoms with van der Waals surface area (Å²) < 4.78 is 27.4. The van der Waals surface area contributed by atoms with Crippen molar-refractivity contribution in [2.24, 2.45) is 11.8 Å². The number of hydrogen-bond acceptors (Lipinski definition) is 2. The molecule has 1 aliphatic heterocycles. The summed E-state index contributed by atoms with van der Waals surface area (Å²) >= 11 is 0. The number of aryl methyl sites for hydroxylation is 3. The van der Waals surface area contributed by atoms with Gasteiger partial charge in [0.1, 0.15) is 0 Å². The molecule has 1 aromatic carbocycles. The molecule has 3 nitrogen and oxygen atoms in total. The summed E-state index contributed by atoms with van der Waals surface area (Å²) in [6.07, 6.45) is 1.11. The van der Waals surface area contributed by atoms with E-state index in [-0.39, 0.29) is 0 Å².